The number of benzene rings is 2. The molecule has 0 radical (unpaired) electrons. The van der Waals surface area contributed by atoms with E-state index in [1.807, 2.05) is 55.5 Å². The Morgan fingerprint density at radius 1 is 1.08 bits per heavy atom. The van der Waals surface area contributed by atoms with Gasteiger partial charge in [0.25, 0.3) is 0 Å². The normalized spacial score (nSPS) is 10.7. The molecular formula is C20H23NO3. The first-order valence-corrected chi connectivity index (χ1v) is 7.75. The standard InChI is InChI=1S/C20H23NO3/c1-15-8-5-6-9-16(15)12-13-19(22)21(2)14-17-10-7-11-18(23-3)20(17)24-4/h5-13H,14H2,1-4H3. The second-order valence-corrected chi connectivity index (χ2v) is 5.54. The molecule has 0 aliphatic heterocycles. The first kappa shape index (κ1) is 17.6. The van der Waals surface area contributed by atoms with Crippen LogP contribution in [0.2, 0.25) is 0 Å². The molecule has 2 aromatic rings. The summed E-state index contributed by atoms with van der Waals surface area (Å²) < 4.78 is 10.7. The quantitative estimate of drug-likeness (QED) is 0.761. The lowest BCUT2D eigenvalue weighted by Gasteiger charge is -2.18. The van der Waals surface area contributed by atoms with Crippen LogP contribution in [-0.4, -0.2) is 32.1 Å². The fourth-order valence-electron chi connectivity index (χ4n) is 2.47. The average Bonchev–Trinajstić information content (AvgIpc) is 2.60. The van der Waals surface area contributed by atoms with Gasteiger partial charge in [-0.2, -0.15) is 0 Å². The van der Waals surface area contributed by atoms with Crippen LogP contribution < -0.4 is 9.47 Å². The molecule has 0 fully saturated rings. The topological polar surface area (TPSA) is 38.8 Å². The van der Waals surface area contributed by atoms with Crippen molar-refractivity contribution in [2.75, 3.05) is 21.3 Å². The lowest BCUT2D eigenvalue weighted by atomic mass is 10.1. The molecule has 0 heterocycles. The van der Waals surface area contributed by atoms with Crippen LogP contribution >= 0.6 is 0 Å². The molecule has 24 heavy (non-hydrogen) atoms. The van der Waals surface area contributed by atoms with E-state index in [-0.39, 0.29) is 5.91 Å². The minimum Gasteiger partial charge on any atom is -0.493 e. The van der Waals surface area contributed by atoms with Gasteiger partial charge in [-0.15, -0.1) is 0 Å². The second kappa shape index (κ2) is 8.20. The van der Waals surface area contributed by atoms with Crippen LogP contribution in [0.15, 0.2) is 48.5 Å². The smallest absolute Gasteiger partial charge is 0.246 e. The zero-order chi connectivity index (χ0) is 17.5. The van der Waals surface area contributed by atoms with Gasteiger partial charge >= 0.3 is 0 Å². The van der Waals surface area contributed by atoms with Gasteiger partial charge < -0.3 is 14.4 Å². The summed E-state index contributed by atoms with van der Waals surface area (Å²) >= 11 is 0. The minimum absolute atomic E-state index is 0.0665. The number of amides is 1. The van der Waals surface area contributed by atoms with Gasteiger partial charge in [0.05, 0.1) is 14.2 Å². The molecule has 1 amide bonds. The number of hydrogen-bond acceptors (Lipinski definition) is 3. The molecule has 2 rings (SSSR count). The number of ether oxygens (including phenoxy) is 2. The highest BCUT2D eigenvalue weighted by molar-refractivity contribution is 5.91. The highest BCUT2D eigenvalue weighted by atomic mass is 16.5. The second-order valence-electron chi connectivity index (χ2n) is 5.54. The first-order valence-electron chi connectivity index (χ1n) is 7.75. The number of carbonyl (C=O) groups excluding carboxylic acids is 1. The molecule has 0 atom stereocenters. The Kier molecular flexibility index (Phi) is 6.01. The van der Waals surface area contributed by atoms with E-state index in [0.717, 1.165) is 16.7 Å². The Morgan fingerprint density at radius 2 is 1.83 bits per heavy atom. The molecule has 4 nitrogen and oxygen atoms in total. The van der Waals surface area contributed by atoms with Crippen LogP contribution in [-0.2, 0) is 11.3 Å². The number of methoxy groups -OCH3 is 2. The van der Waals surface area contributed by atoms with Crippen LogP contribution in [0.5, 0.6) is 11.5 Å². The van der Waals surface area contributed by atoms with Crippen LogP contribution in [0, 0.1) is 6.92 Å². The summed E-state index contributed by atoms with van der Waals surface area (Å²) in [4.78, 5) is 14.0. The summed E-state index contributed by atoms with van der Waals surface area (Å²) in [5, 5.41) is 0. The maximum absolute atomic E-state index is 12.4. The highest BCUT2D eigenvalue weighted by Gasteiger charge is 2.13. The fourth-order valence-corrected chi connectivity index (χ4v) is 2.47. The van der Waals surface area contributed by atoms with E-state index in [0.29, 0.717) is 18.0 Å². The monoisotopic (exact) mass is 325 g/mol. The van der Waals surface area contributed by atoms with E-state index >= 15 is 0 Å². The minimum atomic E-state index is -0.0665. The van der Waals surface area contributed by atoms with Crippen LogP contribution in [0.4, 0.5) is 0 Å². The van der Waals surface area contributed by atoms with Gasteiger partial charge in [0.1, 0.15) is 0 Å². The summed E-state index contributed by atoms with van der Waals surface area (Å²) in [6.45, 7) is 2.46. The van der Waals surface area contributed by atoms with E-state index in [9.17, 15) is 4.79 Å². The predicted octanol–water partition coefficient (Wildman–Crippen LogP) is 3.68. The van der Waals surface area contributed by atoms with Gasteiger partial charge in [-0.25, -0.2) is 0 Å². The molecule has 0 N–H and O–H groups in total. The molecule has 4 heteroatoms. The van der Waals surface area contributed by atoms with Crippen LogP contribution in [0.3, 0.4) is 0 Å². The molecule has 126 valence electrons. The zero-order valence-electron chi connectivity index (χ0n) is 14.6. The summed E-state index contributed by atoms with van der Waals surface area (Å²) in [5.41, 5.74) is 3.08. The highest BCUT2D eigenvalue weighted by Crippen LogP contribution is 2.31. The van der Waals surface area contributed by atoms with Gasteiger partial charge in [0.2, 0.25) is 5.91 Å². The molecule has 0 unspecified atom stereocenters. The summed E-state index contributed by atoms with van der Waals surface area (Å²) in [7, 11) is 4.96. The van der Waals surface area contributed by atoms with Gasteiger partial charge in [-0.1, -0.05) is 36.4 Å². The lowest BCUT2D eigenvalue weighted by Crippen LogP contribution is -2.24. The molecular weight excluding hydrogens is 302 g/mol. The summed E-state index contributed by atoms with van der Waals surface area (Å²) in [6, 6.07) is 13.6. The Balaban J connectivity index is 2.11. The van der Waals surface area contributed by atoms with E-state index in [4.69, 9.17) is 9.47 Å². The number of likely N-dealkylation sites (N-methyl/N-ethyl adjacent to an activating group) is 1. The van der Waals surface area contributed by atoms with Crippen molar-refractivity contribution in [1.82, 2.24) is 4.90 Å². The van der Waals surface area contributed by atoms with E-state index in [2.05, 4.69) is 0 Å². The lowest BCUT2D eigenvalue weighted by molar-refractivity contribution is -0.125. The third-order valence-electron chi connectivity index (χ3n) is 3.86. The molecule has 0 saturated carbocycles. The van der Waals surface area contributed by atoms with Crippen molar-refractivity contribution in [3.8, 4) is 11.5 Å². The third-order valence-corrected chi connectivity index (χ3v) is 3.86. The molecule has 0 aliphatic rings. The van der Waals surface area contributed by atoms with Crippen molar-refractivity contribution in [3.63, 3.8) is 0 Å². The Labute approximate surface area is 143 Å². The van der Waals surface area contributed by atoms with Crippen molar-refractivity contribution < 1.29 is 14.3 Å². The average molecular weight is 325 g/mol. The number of carbonyl (C=O) groups is 1. The largest absolute Gasteiger partial charge is 0.493 e. The first-order chi connectivity index (χ1) is 11.6. The number of nitrogens with zero attached hydrogens (tertiary/aromatic N) is 1. The molecule has 0 spiro atoms. The summed E-state index contributed by atoms with van der Waals surface area (Å²) in [5.74, 6) is 1.25. The molecule has 2 aromatic carbocycles. The van der Waals surface area contributed by atoms with E-state index in [1.54, 1.807) is 32.2 Å². The van der Waals surface area contributed by atoms with Gasteiger partial charge in [0.15, 0.2) is 11.5 Å². The maximum atomic E-state index is 12.4. The number of para-hydroxylation sites is 1. The SMILES string of the molecule is COc1cccc(CN(C)C(=O)C=Cc2ccccc2C)c1OC. The number of hydrogen-bond donors (Lipinski definition) is 0. The number of aryl methyl sites for hydroxylation is 1. The fraction of sp³-hybridized carbons (Fsp3) is 0.250. The van der Waals surface area contributed by atoms with Crippen molar-refractivity contribution in [3.05, 3.63) is 65.2 Å². The van der Waals surface area contributed by atoms with Crippen LogP contribution in [0.1, 0.15) is 16.7 Å². The van der Waals surface area contributed by atoms with Crippen molar-refractivity contribution in [2.45, 2.75) is 13.5 Å². The Morgan fingerprint density at radius 3 is 2.50 bits per heavy atom. The van der Waals surface area contributed by atoms with Gasteiger partial charge in [-0.3, -0.25) is 4.79 Å². The van der Waals surface area contributed by atoms with Crippen molar-refractivity contribution >= 4 is 12.0 Å². The van der Waals surface area contributed by atoms with Gasteiger partial charge in [0, 0.05) is 25.2 Å². The molecule has 0 bridgehead atoms. The van der Waals surface area contributed by atoms with E-state index in [1.165, 1.54) is 0 Å². The Hall–Kier alpha value is -2.75. The number of rotatable bonds is 6. The van der Waals surface area contributed by atoms with Crippen molar-refractivity contribution in [1.29, 1.82) is 0 Å². The Bertz CT molecular complexity index is 737. The molecule has 0 saturated heterocycles. The summed E-state index contributed by atoms with van der Waals surface area (Å²) in [6.07, 6.45) is 3.44. The maximum Gasteiger partial charge on any atom is 0.246 e. The predicted molar refractivity (Wildman–Crippen MR) is 96.2 cm³/mol. The molecule has 0 aromatic heterocycles. The van der Waals surface area contributed by atoms with Crippen LogP contribution in [0.25, 0.3) is 6.08 Å². The third kappa shape index (κ3) is 4.16. The molecule has 0 aliphatic carbocycles. The zero-order valence-corrected chi connectivity index (χ0v) is 14.6. The van der Waals surface area contributed by atoms with Crippen molar-refractivity contribution in [2.24, 2.45) is 0 Å². The van der Waals surface area contributed by atoms with E-state index < -0.39 is 0 Å². The van der Waals surface area contributed by atoms with Gasteiger partial charge in [-0.05, 0) is 30.2 Å².